The van der Waals surface area contributed by atoms with Gasteiger partial charge in [0, 0.05) is 6.54 Å². The van der Waals surface area contributed by atoms with E-state index in [2.05, 4.69) is 10.3 Å². The van der Waals surface area contributed by atoms with Gasteiger partial charge in [-0.1, -0.05) is 11.6 Å². The van der Waals surface area contributed by atoms with Crippen LogP contribution < -0.4 is 5.32 Å². The minimum absolute atomic E-state index is 0.0138. The average molecular weight is 200 g/mol. The number of aromatic nitrogens is 1. The third-order valence-electron chi connectivity index (χ3n) is 1.39. The summed E-state index contributed by atoms with van der Waals surface area (Å²) in [6, 6.07) is 2.81. The number of pyridine rings is 1. The van der Waals surface area contributed by atoms with E-state index >= 15 is 0 Å². The van der Waals surface area contributed by atoms with E-state index < -0.39 is 5.82 Å². The molecular weight excluding hydrogens is 193 g/mol. The van der Waals surface area contributed by atoms with E-state index in [1.807, 2.05) is 6.92 Å². The van der Waals surface area contributed by atoms with Crippen LogP contribution in [0.3, 0.4) is 0 Å². The molecule has 0 saturated heterocycles. The first kappa shape index (κ1) is 9.75. The summed E-state index contributed by atoms with van der Waals surface area (Å²) in [5.74, 6) is -0.491. The summed E-state index contributed by atoms with van der Waals surface area (Å²) >= 11 is 5.60. The Morgan fingerprint density at radius 3 is 3.00 bits per heavy atom. The van der Waals surface area contributed by atoms with Crippen LogP contribution in [0.5, 0.6) is 0 Å². The second kappa shape index (κ2) is 4.06. The van der Waals surface area contributed by atoms with Crippen LogP contribution in [0.15, 0.2) is 6.07 Å². The van der Waals surface area contributed by atoms with Crippen molar-refractivity contribution in [2.45, 2.75) is 6.92 Å². The van der Waals surface area contributed by atoms with Gasteiger partial charge in [-0.3, -0.25) is 0 Å². The molecule has 0 bridgehead atoms. The molecule has 1 N–H and O–H groups in total. The molecule has 1 aromatic heterocycles. The third kappa shape index (κ3) is 2.07. The molecule has 0 amide bonds. The summed E-state index contributed by atoms with van der Waals surface area (Å²) in [5.41, 5.74) is 0.0424. The van der Waals surface area contributed by atoms with Crippen molar-refractivity contribution in [3.05, 3.63) is 22.6 Å². The largest absolute Gasteiger partial charge is 0.368 e. The number of nitriles is 1. The number of hydrogen-bond acceptors (Lipinski definition) is 3. The Bertz CT molecular complexity index is 359. The molecule has 0 atom stereocenters. The first-order chi connectivity index (χ1) is 6.19. The molecule has 0 unspecified atom stereocenters. The van der Waals surface area contributed by atoms with Gasteiger partial charge in [-0.15, -0.1) is 0 Å². The molecule has 13 heavy (non-hydrogen) atoms. The zero-order valence-electron chi connectivity index (χ0n) is 6.93. The molecule has 1 heterocycles. The lowest BCUT2D eigenvalue weighted by atomic mass is 10.3. The smallest absolute Gasteiger partial charge is 0.166 e. The summed E-state index contributed by atoms with van der Waals surface area (Å²) in [4.78, 5) is 3.69. The molecule has 0 saturated carbocycles. The summed E-state index contributed by atoms with van der Waals surface area (Å²) in [5, 5.41) is 11.2. The van der Waals surface area contributed by atoms with Crippen LogP contribution in [0.1, 0.15) is 12.5 Å². The summed E-state index contributed by atoms with van der Waals surface area (Å²) in [6.45, 7) is 2.36. The minimum atomic E-state index is -0.567. The summed E-state index contributed by atoms with van der Waals surface area (Å²) < 4.78 is 13.1. The highest BCUT2D eigenvalue weighted by molar-refractivity contribution is 6.30. The predicted molar refractivity (Wildman–Crippen MR) is 48.1 cm³/mol. The summed E-state index contributed by atoms with van der Waals surface area (Å²) in [6.07, 6.45) is 0. The Kier molecular flexibility index (Phi) is 3.04. The quantitative estimate of drug-likeness (QED) is 0.743. The second-order valence-corrected chi connectivity index (χ2v) is 2.66. The maximum absolute atomic E-state index is 13.1. The van der Waals surface area contributed by atoms with Gasteiger partial charge >= 0.3 is 0 Å². The average Bonchev–Trinajstić information content (AvgIpc) is 2.11. The van der Waals surface area contributed by atoms with Crippen molar-refractivity contribution in [2.24, 2.45) is 0 Å². The van der Waals surface area contributed by atoms with E-state index in [-0.39, 0.29) is 16.5 Å². The maximum atomic E-state index is 13.1. The van der Waals surface area contributed by atoms with Crippen molar-refractivity contribution in [1.82, 2.24) is 4.98 Å². The van der Waals surface area contributed by atoms with Gasteiger partial charge in [0.1, 0.15) is 11.2 Å². The maximum Gasteiger partial charge on any atom is 0.166 e. The van der Waals surface area contributed by atoms with E-state index in [0.29, 0.717) is 6.54 Å². The monoisotopic (exact) mass is 199 g/mol. The van der Waals surface area contributed by atoms with Gasteiger partial charge in [0.15, 0.2) is 11.6 Å². The minimum Gasteiger partial charge on any atom is -0.368 e. The lowest BCUT2D eigenvalue weighted by Crippen LogP contribution is -2.03. The molecule has 0 spiro atoms. The molecule has 5 heteroatoms. The van der Waals surface area contributed by atoms with Gasteiger partial charge in [0.2, 0.25) is 0 Å². The normalized spacial score (nSPS) is 9.38. The van der Waals surface area contributed by atoms with Gasteiger partial charge in [0.25, 0.3) is 0 Å². The van der Waals surface area contributed by atoms with Crippen LogP contribution in [0, 0.1) is 17.1 Å². The van der Waals surface area contributed by atoms with Crippen molar-refractivity contribution in [3.63, 3.8) is 0 Å². The Balaban J connectivity index is 3.14. The molecule has 0 aliphatic heterocycles. The molecule has 68 valence electrons. The van der Waals surface area contributed by atoms with Gasteiger partial charge in [0.05, 0.1) is 5.56 Å². The fourth-order valence-electron chi connectivity index (χ4n) is 0.836. The molecule has 3 nitrogen and oxygen atoms in total. The number of nitrogens with one attached hydrogen (secondary N) is 1. The van der Waals surface area contributed by atoms with Gasteiger partial charge < -0.3 is 5.32 Å². The van der Waals surface area contributed by atoms with Gasteiger partial charge in [-0.05, 0) is 13.0 Å². The van der Waals surface area contributed by atoms with Crippen LogP contribution in [-0.2, 0) is 0 Å². The van der Waals surface area contributed by atoms with E-state index in [1.54, 1.807) is 6.07 Å². The molecule has 1 rings (SSSR count). The standard InChI is InChI=1S/C8H7ClFN3/c1-2-12-8-6(10)3-5(4-11)7(9)13-8/h3H,2H2,1H3,(H,12,13). The number of halogens is 2. The topological polar surface area (TPSA) is 48.7 Å². The molecule has 0 radical (unpaired) electrons. The zero-order valence-corrected chi connectivity index (χ0v) is 7.69. The van der Waals surface area contributed by atoms with E-state index in [9.17, 15) is 4.39 Å². The SMILES string of the molecule is CCNc1nc(Cl)c(C#N)cc1F. The van der Waals surface area contributed by atoms with E-state index in [0.717, 1.165) is 6.07 Å². The van der Waals surface area contributed by atoms with Crippen molar-refractivity contribution < 1.29 is 4.39 Å². The number of anilines is 1. The summed E-state index contributed by atoms with van der Waals surface area (Å²) in [7, 11) is 0. The van der Waals surface area contributed by atoms with Crippen LogP contribution in [0.2, 0.25) is 5.15 Å². The third-order valence-corrected chi connectivity index (χ3v) is 1.68. The Hall–Kier alpha value is -1.34. The molecule has 0 aliphatic carbocycles. The Labute approximate surface area is 80.2 Å². The van der Waals surface area contributed by atoms with Gasteiger partial charge in [-0.25, -0.2) is 9.37 Å². The number of rotatable bonds is 2. The van der Waals surface area contributed by atoms with Crippen molar-refractivity contribution in [3.8, 4) is 6.07 Å². The van der Waals surface area contributed by atoms with Crippen molar-refractivity contribution in [1.29, 1.82) is 5.26 Å². The Morgan fingerprint density at radius 2 is 2.46 bits per heavy atom. The molecule has 1 aromatic rings. The second-order valence-electron chi connectivity index (χ2n) is 2.30. The van der Waals surface area contributed by atoms with Crippen molar-refractivity contribution >= 4 is 17.4 Å². The van der Waals surface area contributed by atoms with E-state index in [1.165, 1.54) is 0 Å². The molecule has 0 fully saturated rings. The Morgan fingerprint density at radius 1 is 1.77 bits per heavy atom. The first-order valence-electron chi connectivity index (χ1n) is 3.69. The molecular formula is C8H7ClFN3. The van der Waals surface area contributed by atoms with Crippen LogP contribution in [0.25, 0.3) is 0 Å². The number of hydrogen-bond donors (Lipinski definition) is 1. The lowest BCUT2D eigenvalue weighted by molar-refractivity contribution is 0.624. The lowest BCUT2D eigenvalue weighted by Gasteiger charge is -2.04. The zero-order chi connectivity index (χ0) is 9.84. The highest BCUT2D eigenvalue weighted by atomic mass is 35.5. The number of nitrogens with zero attached hydrogens (tertiary/aromatic N) is 2. The van der Waals surface area contributed by atoms with Crippen LogP contribution in [0.4, 0.5) is 10.2 Å². The predicted octanol–water partition coefficient (Wildman–Crippen LogP) is 2.18. The fraction of sp³-hybridized carbons (Fsp3) is 0.250. The highest BCUT2D eigenvalue weighted by Crippen LogP contribution is 2.19. The fourth-order valence-corrected chi connectivity index (χ4v) is 1.02. The van der Waals surface area contributed by atoms with Crippen molar-refractivity contribution in [2.75, 3.05) is 11.9 Å². The van der Waals surface area contributed by atoms with Crippen LogP contribution >= 0.6 is 11.6 Å². The first-order valence-corrected chi connectivity index (χ1v) is 4.06. The molecule has 0 aliphatic rings. The molecule has 0 aromatic carbocycles. The van der Waals surface area contributed by atoms with Crippen LogP contribution in [-0.4, -0.2) is 11.5 Å². The van der Waals surface area contributed by atoms with Gasteiger partial charge in [-0.2, -0.15) is 5.26 Å². The highest BCUT2D eigenvalue weighted by Gasteiger charge is 2.08. The van der Waals surface area contributed by atoms with E-state index in [4.69, 9.17) is 16.9 Å².